The highest BCUT2D eigenvalue weighted by molar-refractivity contribution is 5.86. The third-order valence-electron chi connectivity index (χ3n) is 3.73. The van der Waals surface area contributed by atoms with Crippen LogP contribution < -0.4 is 0 Å². The summed E-state index contributed by atoms with van der Waals surface area (Å²) >= 11 is 0. The maximum atomic E-state index is 4.16. The maximum Gasteiger partial charge on any atom is 0.0299 e. The fourth-order valence-electron chi connectivity index (χ4n) is 2.62. The normalized spacial score (nSPS) is 10.8. The van der Waals surface area contributed by atoms with E-state index in [2.05, 4.69) is 60.8 Å². The van der Waals surface area contributed by atoms with E-state index < -0.39 is 0 Å². The first kappa shape index (κ1) is 12.9. The van der Waals surface area contributed by atoms with Crippen LogP contribution in [0.5, 0.6) is 0 Å². The number of hydrogen-bond donors (Lipinski definition) is 0. The Morgan fingerprint density at radius 1 is 0.950 bits per heavy atom. The van der Waals surface area contributed by atoms with E-state index in [1.165, 1.54) is 27.5 Å². The predicted molar refractivity (Wildman–Crippen MR) is 84.6 cm³/mol. The van der Waals surface area contributed by atoms with Crippen molar-refractivity contribution in [2.45, 2.75) is 19.8 Å². The number of nitrogens with zero attached hydrogens (tertiary/aromatic N) is 1. The van der Waals surface area contributed by atoms with E-state index >= 15 is 0 Å². The summed E-state index contributed by atoms with van der Waals surface area (Å²) in [5, 5.41) is 2.69. The van der Waals surface area contributed by atoms with E-state index in [4.69, 9.17) is 0 Å². The van der Waals surface area contributed by atoms with Gasteiger partial charge in [-0.3, -0.25) is 4.98 Å². The van der Waals surface area contributed by atoms with Crippen molar-refractivity contribution >= 4 is 10.8 Å². The molecule has 1 heterocycles. The van der Waals surface area contributed by atoms with Crippen LogP contribution in [0, 0.1) is 13.3 Å². The van der Waals surface area contributed by atoms with Crippen LogP contribution in [0.25, 0.3) is 10.8 Å². The topological polar surface area (TPSA) is 12.9 Å². The number of fused-ring (bicyclic) bond motifs is 1. The third kappa shape index (κ3) is 2.72. The molecule has 1 nitrogen and oxygen atoms in total. The zero-order chi connectivity index (χ0) is 13.8. The lowest BCUT2D eigenvalue weighted by Gasteiger charge is -2.10. The molecule has 20 heavy (non-hydrogen) atoms. The van der Waals surface area contributed by atoms with E-state index in [0.717, 1.165) is 12.8 Å². The van der Waals surface area contributed by atoms with Gasteiger partial charge >= 0.3 is 0 Å². The van der Waals surface area contributed by atoms with Gasteiger partial charge in [-0.2, -0.15) is 0 Å². The minimum atomic E-state index is 0.969. The molecule has 0 amide bonds. The first-order chi connectivity index (χ1) is 9.84. The number of pyridine rings is 1. The molecule has 3 aromatic rings. The summed E-state index contributed by atoms with van der Waals surface area (Å²) in [7, 11) is 0. The van der Waals surface area contributed by atoms with Gasteiger partial charge in [0, 0.05) is 12.4 Å². The van der Waals surface area contributed by atoms with Crippen LogP contribution in [0.15, 0.2) is 60.9 Å². The zero-order valence-corrected chi connectivity index (χ0v) is 11.7. The molecule has 0 fully saturated rings. The van der Waals surface area contributed by atoms with Crippen LogP contribution in [0.1, 0.15) is 16.7 Å². The van der Waals surface area contributed by atoms with Crippen molar-refractivity contribution < 1.29 is 0 Å². The Kier molecular flexibility index (Phi) is 3.78. The monoisotopic (exact) mass is 260 g/mol. The van der Waals surface area contributed by atoms with Crippen molar-refractivity contribution in [1.29, 1.82) is 0 Å². The molecule has 0 bridgehead atoms. The molecule has 0 saturated heterocycles. The Morgan fingerprint density at radius 2 is 1.85 bits per heavy atom. The molecule has 0 spiro atoms. The summed E-state index contributed by atoms with van der Waals surface area (Å²) in [4.78, 5) is 4.16. The fourth-order valence-corrected chi connectivity index (χ4v) is 2.62. The highest BCUT2D eigenvalue weighted by atomic mass is 14.6. The van der Waals surface area contributed by atoms with Crippen molar-refractivity contribution in [2.24, 2.45) is 0 Å². The minimum Gasteiger partial charge on any atom is -0.264 e. The Bertz CT molecular complexity index is 701. The summed E-state index contributed by atoms with van der Waals surface area (Å²) in [6, 6.07) is 17.2. The standard InChI is InChI=1S/C19H18N/c1-15-11-12-17-8-2-3-9-19(17)18(15)10-4-6-16-7-5-13-20-14-16/h2-5,7-9,11-14H,6,10H2,1H3. The molecule has 0 N–H and O–H groups in total. The van der Waals surface area contributed by atoms with Crippen molar-refractivity contribution in [3.63, 3.8) is 0 Å². The number of rotatable bonds is 4. The lowest BCUT2D eigenvalue weighted by Crippen LogP contribution is -1.95. The van der Waals surface area contributed by atoms with Crippen LogP contribution in [0.2, 0.25) is 0 Å². The zero-order valence-electron chi connectivity index (χ0n) is 11.7. The molecule has 1 aromatic heterocycles. The summed E-state index contributed by atoms with van der Waals surface area (Å²) in [6.45, 7) is 2.19. The van der Waals surface area contributed by atoms with Crippen LogP contribution >= 0.6 is 0 Å². The molecule has 0 saturated carbocycles. The molecule has 0 aliphatic carbocycles. The van der Waals surface area contributed by atoms with E-state index in [1.807, 2.05) is 18.5 Å². The Hall–Kier alpha value is -2.15. The summed E-state index contributed by atoms with van der Waals surface area (Å²) < 4.78 is 0. The second kappa shape index (κ2) is 5.87. The number of aromatic nitrogens is 1. The van der Waals surface area contributed by atoms with Gasteiger partial charge in [0.2, 0.25) is 0 Å². The number of aryl methyl sites for hydroxylation is 1. The first-order valence-corrected chi connectivity index (χ1v) is 7.02. The molecule has 0 aliphatic heterocycles. The van der Waals surface area contributed by atoms with Gasteiger partial charge in [0.15, 0.2) is 0 Å². The molecule has 99 valence electrons. The third-order valence-corrected chi connectivity index (χ3v) is 3.73. The highest BCUT2D eigenvalue weighted by Crippen LogP contribution is 2.23. The summed E-state index contributed by atoms with van der Waals surface area (Å²) in [5.41, 5.74) is 4.07. The first-order valence-electron chi connectivity index (χ1n) is 7.02. The number of hydrogen-bond acceptors (Lipinski definition) is 1. The molecular weight excluding hydrogens is 242 g/mol. The van der Waals surface area contributed by atoms with Gasteiger partial charge < -0.3 is 0 Å². The van der Waals surface area contributed by atoms with Crippen molar-refractivity contribution in [3.05, 3.63) is 84.0 Å². The van der Waals surface area contributed by atoms with Gasteiger partial charge in [-0.25, -0.2) is 0 Å². The Morgan fingerprint density at radius 3 is 2.70 bits per heavy atom. The fraction of sp³-hybridized carbons (Fsp3) is 0.158. The number of benzene rings is 2. The largest absolute Gasteiger partial charge is 0.264 e. The van der Waals surface area contributed by atoms with Crippen LogP contribution in [-0.4, -0.2) is 4.98 Å². The highest BCUT2D eigenvalue weighted by Gasteiger charge is 2.04. The van der Waals surface area contributed by atoms with Gasteiger partial charge in [0.05, 0.1) is 0 Å². The lowest BCUT2D eigenvalue weighted by atomic mass is 9.95. The van der Waals surface area contributed by atoms with Crippen LogP contribution in [-0.2, 0) is 12.8 Å². The average Bonchev–Trinajstić information content (AvgIpc) is 2.50. The van der Waals surface area contributed by atoms with Gasteiger partial charge in [0.25, 0.3) is 0 Å². The molecule has 2 aromatic carbocycles. The quantitative estimate of drug-likeness (QED) is 0.671. The maximum absolute atomic E-state index is 4.16. The Labute approximate surface area is 120 Å². The molecule has 3 rings (SSSR count). The van der Waals surface area contributed by atoms with E-state index in [1.54, 1.807) is 0 Å². The van der Waals surface area contributed by atoms with Gasteiger partial charge in [0.1, 0.15) is 0 Å². The van der Waals surface area contributed by atoms with Crippen LogP contribution in [0.4, 0.5) is 0 Å². The van der Waals surface area contributed by atoms with E-state index in [9.17, 15) is 0 Å². The van der Waals surface area contributed by atoms with Crippen LogP contribution in [0.3, 0.4) is 0 Å². The summed E-state index contributed by atoms with van der Waals surface area (Å²) in [5.74, 6) is 0. The SMILES string of the molecule is Cc1ccc2ccccc2c1C[CH]Cc1cccnc1. The molecule has 1 radical (unpaired) electrons. The Balaban J connectivity index is 1.79. The molecule has 0 atom stereocenters. The minimum absolute atomic E-state index is 0.969. The molecule has 0 aliphatic rings. The van der Waals surface area contributed by atoms with Gasteiger partial charge in [-0.15, -0.1) is 0 Å². The van der Waals surface area contributed by atoms with Crippen molar-refractivity contribution in [2.75, 3.05) is 0 Å². The van der Waals surface area contributed by atoms with E-state index in [-0.39, 0.29) is 0 Å². The molecule has 1 heteroatoms. The molecular formula is C19H18N. The second-order valence-corrected chi connectivity index (χ2v) is 5.14. The van der Waals surface area contributed by atoms with Gasteiger partial charge in [-0.05, 0) is 59.7 Å². The predicted octanol–water partition coefficient (Wildman–Crippen LogP) is 4.53. The second-order valence-electron chi connectivity index (χ2n) is 5.14. The van der Waals surface area contributed by atoms with Gasteiger partial charge in [-0.1, -0.05) is 42.5 Å². The molecule has 0 unspecified atom stereocenters. The van der Waals surface area contributed by atoms with E-state index in [0.29, 0.717) is 0 Å². The van der Waals surface area contributed by atoms with Crippen molar-refractivity contribution in [3.8, 4) is 0 Å². The average molecular weight is 260 g/mol. The van der Waals surface area contributed by atoms with Crippen molar-refractivity contribution in [1.82, 2.24) is 4.98 Å². The summed E-state index contributed by atoms with van der Waals surface area (Å²) in [6.07, 6.45) is 8.06. The lowest BCUT2D eigenvalue weighted by molar-refractivity contribution is 1.02. The smallest absolute Gasteiger partial charge is 0.0299 e.